The van der Waals surface area contributed by atoms with Crippen LogP contribution in [0.25, 0.3) is 60.4 Å². The van der Waals surface area contributed by atoms with Gasteiger partial charge in [0.15, 0.2) is 0 Å². The van der Waals surface area contributed by atoms with Gasteiger partial charge in [0.2, 0.25) is 0 Å². The van der Waals surface area contributed by atoms with Gasteiger partial charge in [0.1, 0.15) is 5.82 Å². The summed E-state index contributed by atoms with van der Waals surface area (Å²) in [6, 6.07) is 43.0. The van der Waals surface area contributed by atoms with Crippen molar-refractivity contribution in [2.75, 3.05) is 0 Å². The molecule has 0 radical (unpaired) electrons. The molecule has 0 spiro atoms. The summed E-state index contributed by atoms with van der Waals surface area (Å²) in [5, 5.41) is 7.69. The van der Waals surface area contributed by atoms with Gasteiger partial charge >= 0.3 is 0 Å². The van der Waals surface area contributed by atoms with Crippen LogP contribution in [0.15, 0.2) is 121 Å². The Morgan fingerprint density at radius 2 is 1.00 bits per heavy atom. The fourth-order valence-electron chi connectivity index (χ4n) is 5.10. The van der Waals surface area contributed by atoms with Gasteiger partial charge in [-0.15, -0.1) is 0 Å². The lowest BCUT2D eigenvalue weighted by Gasteiger charge is -2.14. The highest BCUT2D eigenvalue weighted by Crippen LogP contribution is 2.37. The van der Waals surface area contributed by atoms with Crippen LogP contribution in [-0.4, -0.2) is 9.55 Å². The molecule has 0 saturated carbocycles. The van der Waals surface area contributed by atoms with Gasteiger partial charge in [-0.25, -0.2) is 4.98 Å². The average molecular weight is 421 g/mol. The van der Waals surface area contributed by atoms with Crippen molar-refractivity contribution in [2.45, 2.75) is 0 Å². The van der Waals surface area contributed by atoms with Crippen LogP contribution in [0.1, 0.15) is 0 Å². The zero-order valence-electron chi connectivity index (χ0n) is 17.9. The lowest BCUT2D eigenvalue weighted by molar-refractivity contribution is 1.11. The first-order valence-corrected chi connectivity index (χ1v) is 11.2. The summed E-state index contributed by atoms with van der Waals surface area (Å²) in [6.07, 6.45) is 0. The SMILES string of the molecule is c1ccc(-c2nc3ccccc3n2-c2ccc3c4ccccc4c4ccccc4c3c2)cc1. The number of nitrogens with zero attached hydrogens (tertiary/aromatic N) is 2. The molecule has 2 heteroatoms. The molecule has 0 aliphatic carbocycles. The third-order valence-electron chi connectivity index (χ3n) is 6.58. The van der Waals surface area contributed by atoms with Crippen molar-refractivity contribution < 1.29 is 0 Å². The number of rotatable bonds is 2. The van der Waals surface area contributed by atoms with Gasteiger partial charge in [0.05, 0.1) is 11.0 Å². The van der Waals surface area contributed by atoms with E-state index in [0.717, 1.165) is 28.1 Å². The van der Waals surface area contributed by atoms with Gasteiger partial charge in [0.25, 0.3) is 0 Å². The monoisotopic (exact) mass is 420 g/mol. The molecule has 7 rings (SSSR count). The van der Waals surface area contributed by atoms with Crippen molar-refractivity contribution in [3.05, 3.63) is 121 Å². The summed E-state index contributed by atoms with van der Waals surface area (Å²) >= 11 is 0. The first kappa shape index (κ1) is 18.2. The summed E-state index contributed by atoms with van der Waals surface area (Å²) in [5.41, 5.74) is 4.34. The predicted octanol–water partition coefficient (Wildman–Crippen LogP) is 8.15. The van der Waals surface area contributed by atoms with Crippen molar-refractivity contribution >= 4 is 43.4 Å². The van der Waals surface area contributed by atoms with Crippen molar-refractivity contribution in [1.82, 2.24) is 9.55 Å². The Hall–Kier alpha value is -4.43. The van der Waals surface area contributed by atoms with E-state index in [2.05, 4.69) is 120 Å². The van der Waals surface area contributed by atoms with E-state index in [0.29, 0.717) is 0 Å². The van der Waals surface area contributed by atoms with E-state index in [-0.39, 0.29) is 0 Å². The highest BCUT2D eigenvalue weighted by molar-refractivity contribution is 6.25. The number of hydrogen-bond donors (Lipinski definition) is 0. The Bertz CT molecular complexity index is 1770. The van der Waals surface area contributed by atoms with Gasteiger partial charge in [0, 0.05) is 11.3 Å². The molecule has 0 N–H and O–H groups in total. The Kier molecular flexibility index (Phi) is 3.88. The standard InChI is InChI=1S/C31H20N2/c1-2-10-21(11-3-1)31-32-29-16-8-9-17-30(29)33(31)22-18-19-27-25-14-5-4-12-23(25)24-13-6-7-15-26(24)28(27)20-22/h1-20H. The highest BCUT2D eigenvalue weighted by Gasteiger charge is 2.15. The molecule has 0 aliphatic heterocycles. The van der Waals surface area contributed by atoms with Crippen LogP contribution in [-0.2, 0) is 0 Å². The van der Waals surface area contributed by atoms with Gasteiger partial charge in [-0.2, -0.15) is 0 Å². The van der Waals surface area contributed by atoms with Crippen LogP contribution in [0.5, 0.6) is 0 Å². The maximum atomic E-state index is 5.01. The van der Waals surface area contributed by atoms with E-state index < -0.39 is 0 Å². The van der Waals surface area contributed by atoms with Crippen molar-refractivity contribution in [2.24, 2.45) is 0 Å². The first-order chi connectivity index (χ1) is 16.4. The normalized spacial score (nSPS) is 11.6. The Labute approximate surface area is 191 Å². The molecule has 0 atom stereocenters. The van der Waals surface area contributed by atoms with Crippen molar-refractivity contribution in [3.63, 3.8) is 0 Å². The maximum Gasteiger partial charge on any atom is 0.145 e. The van der Waals surface area contributed by atoms with E-state index in [1.165, 1.54) is 32.3 Å². The van der Waals surface area contributed by atoms with Gasteiger partial charge in [-0.1, -0.05) is 97.1 Å². The number of fused-ring (bicyclic) bond motifs is 7. The second-order valence-corrected chi connectivity index (χ2v) is 8.45. The molecule has 7 aromatic rings. The van der Waals surface area contributed by atoms with Crippen LogP contribution in [0, 0.1) is 0 Å². The largest absolute Gasteiger partial charge is 0.292 e. The number of hydrogen-bond acceptors (Lipinski definition) is 1. The molecule has 1 aromatic heterocycles. The fourth-order valence-corrected chi connectivity index (χ4v) is 5.10. The van der Waals surface area contributed by atoms with Crippen LogP contribution < -0.4 is 0 Å². The summed E-state index contributed by atoms with van der Waals surface area (Å²) in [7, 11) is 0. The highest BCUT2D eigenvalue weighted by atomic mass is 15.1. The Balaban J connectivity index is 1.61. The van der Waals surface area contributed by atoms with Gasteiger partial charge in [-0.3, -0.25) is 4.57 Å². The third-order valence-corrected chi connectivity index (χ3v) is 6.58. The van der Waals surface area contributed by atoms with Crippen LogP contribution in [0.2, 0.25) is 0 Å². The van der Waals surface area contributed by atoms with Crippen molar-refractivity contribution in [1.29, 1.82) is 0 Å². The van der Waals surface area contributed by atoms with Crippen LogP contribution in [0.4, 0.5) is 0 Å². The van der Waals surface area contributed by atoms with E-state index in [4.69, 9.17) is 4.98 Å². The lowest BCUT2D eigenvalue weighted by atomic mass is 9.94. The van der Waals surface area contributed by atoms with E-state index >= 15 is 0 Å². The summed E-state index contributed by atoms with van der Waals surface area (Å²) in [5.74, 6) is 0.959. The van der Waals surface area contributed by atoms with E-state index in [1.807, 2.05) is 6.07 Å². The molecule has 154 valence electrons. The summed E-state index contributed by atoms with van der Waals surface area (Å²) in [4.78, 5) is 5.01. The van der Waals surface area contributed by atoms with Gasteiger partial charge in [-0.05, 0) is 56.6 Å². The molecule has 0 amide bonds. The maximum absolute atomic E-state index is 5.01. The molecule has 2 nitrogen and oxygen atoms in total. The summed E-state index contributed by atoms with van der Waals surface area (Å²) < 4.78 is 2.29. The topological polar surface area (TPSA) is 17.8 Å². The van der Waals surface area contributed by atoms with Crippen molar-refractivity contribution in [3.8, 4) is 17.1 Å². The molecule has 1 heterocycles. The first-order valence-electron chi connectivity index (χ1n) is 11.2. The molecule has 0 aliphatic rings. The van der Waals surface area contributed by atoms with E-state index in [9.17, 15) is 0 Å². The molecule has 0 bridgehead atoms. The molecular weight excluding hydrogens is 400 g/mol. The van der Waals surface area contributed by atoms with Crippen LogP contribution in [0.3, 0.4) is 0 Å². The Morgan fingerprint density at radius 3 is 1.70 bits per heavy atom. The minimum Gasteiger partial charge on any atom is -0.292 e. The minimum atomic E-state index is 0.959. The number of benzene rings is 6. The Morgan fingerprint density at radius 1 is 0.455 bits per heavy atom. The van der Waals surface area contributed by atoms with Crippen LogP contribution >= 0.6 is 0 Å². The number of aromatic nitrogens is 2. The predicted molar refractivity (Wildman–Crippen MR) is 139 cm³/mol. The molecule has 0 unspecified atom stereocenters. The molecule has 33 heavy (non-hydrogen) atoms. The lowest BCUT2D eigenvalue weighted by Crippen LogP contribution is -1.98. The fraction of sp³-hybridized carbons (Fsp3) is 0. The second kappa shape index (κ2) is 7.04. The molecule has 6 aromatic carbocycles. The van der Waals surface area contributed by atoms with Gasteiger partial charge < -0.3 is 0 Å². The zero-order chi connectivity index (χ0) is 21.8. The zero-order valence-corrected chi connectivity index (χ0v) is 17.9. The summed E-state index contributed by atoms with van der Waals surface area (Å²) in [6.45, 7) is 0. The third kappa shape index (κ3) is 2.71. The molecule has 0 fully saturated rings. The smallest absolute Gasteiger partial charge is 0.145 e. The number of para-hydroxylation sites is 2. The molecule has 0 saturated heterocycles. The second-order valence-electron chi connectivity index (χ2n) is 8.45. The number of imidazole rings is 1. The van der Waals surface area contributed by atoms with E-state index in [1.54, 1.807) is 0 Å². The quantitative estimate of drug-likeness (QED) is 0.258. The minimum absolute atomic E-state index is 0.959. The average Bonchev–Trinajstić information content (AvgIpc) is 3.29. The molecular formula is C31H20N2.